The van der Waals surface area contributed by atoms with Crippen LogP contribution in [0.3, 0.4) is 0 Å². The minimum atomic E-state index is -4.62. The summed E-state index contributed by atoms with van der Waals surface area (Å²) in [4.78, 5) is 19.2. The van der Waals surface area contributed by atoms with E-state index in [4.69, 9.17) is 4.74 Å². The normalized spacial score (nSPS) is 14.0. The van der Waals surface area contributed by atoms with Gasteiger partial charge in [-0.2, -0.15) is 18.2 Å². The first kappa shape index (κ1) is 18.0. The summed E-state index contributed by atoms with van der Waals surface area (Å²) in [6.07, 6.45) is 2.04. The van der Waals surface area contributed by atoms with Crippen molar-refractivity contribution in [1.29, 1.82) is 0 Å². The maximum atomic E-state index is 13.4. The van der Waals surface area contributed by atoms with Crippen LogP contribution >= 0.6 is 0 Å². The van der Waals surface area contributed by atoms with Crippen molar-refractivity contribution in [2.45, 2.75) is 19.5 Å². The Hall–Kier alpha value is -3.36. The van der Waals surface area contributed by atoms with Crippen molar-refractivity contribution in [2.75, 3.05) is 11.9 Å². The van der Waals surface area contributed by atoms with Gasteiger partial charge in [0.2, 0.25) is 0 Å². The molecule has 6 nitrogen and oxygen atoms in total. The highest BCUT2D eigenvalue weighted by Crippen LogP contribution is 2.41. The predicted molar refractivity (Wildman–Crippen MR) is 95.4 cm³/mol. The molecule has 0 aromatic carbocycles. The van der Waals surface area contributed by atoms with E-state index in [1.807, 2.05) is 6.92 Å². The van der Waals surface area contributed by atoms with Crippen LogP contribution in [-0.2, 0) is 11.2 Å². The Kier molecular flexibility index (Phi) is 4.29. The van der Waals surface area contributed by atoms with E-state index in [1.165, 1.54) is 12.4 Å². The lowest BCUT2D eigenvalue weighted by Gasteiger charge is -2.16. The Balaban J connectivity index is 1.86. The number of pyridine rings is 1. The molecular formula is C19H16F3N4O2+. The average Bonchev–Trinajstić information content (AvgIpc) is 3.01. The number of carbonyl (C=O) groups excluding carboxylic acids is 1. The second-order valence-corrected chi connectivity index (χ2v) is 6.22. The van der Waals surface area contributed by atoms with Crippen LogP contribution in [0.25, 0.3) is 11.1 Å². The van der Waals surface area contributed by atoms with Crippen LogP contribution in [-0.4, -0.2) is 28.0 Å². The number of allylic oxidation sites excluding steroid dienone is 2. The number of halogens is 3. The van der Waals surface area contributed by atoms with Crippen LogP contribution in [0.4, 0.5) is 24.7 Å². The molecule has 3 aromatic rings. The summed E-state index contributed by atoms with van der Waals surface area (Å²) in [5, 5.41) is 3.10. The minimum Gasteiger partial charge on any atom is -0.443 e. The number of ketones is 1. The van der Waals surface area contributed by atoms with Gasteiger partial charge >= 0.3 is 12.1 Å². The molecule has 3 heterocycles. The fourth-order valence-corrected chi connectivity index (χ4v) is 3.30. The third-order valence-electron chi connectivity index (χ3n) is 4.40. The van der Waals surface area contributed by atoms with Crippen LogP contribution in [0.15, 0.2) is 43.0 Å². The van der Waals surface area contributed by atoms with Gasteiger partial charge in [0.15, 0.2) is 23.5 Å². The second kappa shape index (κ2) is 6.66. The molecule has 0 bridgehead atoms. The molecule has 0 amide bonds. The topological polar surface area (TPSA) is 69.8 Å². The minimum absolute atomic E-state index is 0.00666. The standard InChI is InChI=1S/C19H15F3N4O2/c1-2-28-18-15(4-3-5-24-18)25-17-16-12-8-11(27)9-14(19(20,21)22)13(12)10-26(16)7-6-23-17/h3-7,9-10H,2,8H2,1H3,(H,23,25)/p+1. The number of aromatic amines is 1. The second-order valence-electron chi connectivity index (χ2n) is 6.22. The summed E-state index contributed by atoms with van der Waals surface area (Å²) < 4.78 is 47.4. The molecule has 0 spiro atoms. The molecule has 144 valence electrons. The van der Waals surface area contributed by atoms with Gasteiger partial charge in [-0.1, -0.05) is 0 Å². The molecule has 4 rings (SSSR count). The third kappa shape index (κ3) is 3.08. The largest absolute Gasteiger partial charge is 0.443 e. The van der Waals surface area contributed by atoms with E-state index in [2.05, 4.69) is 15.3 Å². The van der Waals surface area contributed by atoms with E-state index in [1.54, 1.807) is 28.9 Å². The Morgan fingerprint density at radius 3 is 2.96 bits per heavy atom. The number of fused-ring (bicyclic) bond motifs is 3. The average molecular weight is 389 g/mol. The Labute approximate surface area is 157 Å². The van der Waals surface area contributed by atoms with Crippen LogP contribution in [0, 0.1) is 0 Å². The Morgan fingerprint density at radius 1 is 1.39 bits per heavy atom. The van der Waals surface area contributed by atoms with E-state index in [0.717, 1.165) is 0 Å². The summed E-state index contributed by atoms with van der Waals surface area (Å²) in [6, 6.07) is 3.51. The predicted octanol–water partition coefficient (Wildman–Crippen LogP) is 3.36. The fourth-order valence-electron chi connectivity index (χ4n) is 3.30. The van der Waals surface area contributed by atoms with Crippen molar-refractivity contribution in [3.63, 3.8) is 0 Å². The zero-order valence-electron chi connectivity index (χ0n) is 14.8. The SMILES string of the molecule is CCOc1[nH+]cccc1Nc1nccn2cc3c(c12)CC(=O)C=C3C(F)(F)F. The molecule has 1 aliphatic rings. The Bertz CT molecular complexity index is 1100. The molecule has 28 heavy (non-hydrogen) atoms. The smallest absolute Gasteiger partial charge is 0.417 e. The monoisotopic (exact) mass is 389 g/mol. The number of aromatic nitrogens is 3. The molecule has 2 N–H and O–H groups in total. The van der Waals surface area contributed by atoms with E-state index in [0.29, 0.717) is 41.1 Å². The number of H-pyrrole nitrogens is 1. The molecular weight excluding hydrogens is 373 g/mol. The number of nitrogens with zero attached hydrogens (tertiary/aromatic N) is 2. The number of nitrogens with one attached hydrogen (secondary N) is 2. The molecule has 0 unspecified atom stereocenters. The number of hydrogen-bond acceptors (Lipinski definition) is 4. The van der Waals surface area contributed by atoms with Crippen LogP contribution < -0.4 is 15.0 Å². The molecule has 0 saturated carbocycles. The van der Waals surface area contributed by atoms with Crippen LogP contribution in [0.1, 0.15) is 18.1 Å². The first-order valence-corrected chi connectivity index (χ1v) is 8.59. The molecule has 0 aliphatic heterocycles. The number of ether oxygens (including phenoxy) is 1. The number of alkyl halides is 3. The van der Waals surface area contributed by atoms with E-state index in [9.17, 15) is 18.0 Å². The molecule has 0 atom stereocenters. The van der Waals surface area contributed by atoms with Crippen LogP contribution in [0.2, 0.25) is 0 Å². The van der Waals surface area contributed by atoms with Gasteiger partial charge in [0.25, 0.3) is 0 Å². The zero-order chi connectivity index (χ0) is 19.9. The quantitative estimate of drug-likeness (QED) is 0.743. The first-order chi connectivity index (χ1) is 13.4. The van der Waals surface area contributed by atoms with Gasteiger partial charge in [-0.25, -0.2) is 4.98 Å². The Morgan fingerprint density at radius 2 is 2.21 bits per heavy atom. The lowest BCUT2D eigenvalue weighted by molar-refractivity contribution is -0.393. The zero-order valence-corrected chi connectivity index (χ0v) is 14.8. The van der Waals surface area contributed by atoms with Gasteiger partial charge < -0.3 is 14.5 Å². The third-order valence-corrected chi connectivity index (χ3v) is 4.40. The molecule has 0 saturated heterocycles. The highest BCUT2D eigenvalue weighted by Gasteiger charge is 2.40. The summed E-state index contributed by atoms with van der Waals surface area (Å²) in [5.74, 6) is 0.215. The maximum absolute atomic E-state index is 13.4. The fraction of sp³-hybridized carbons (Fsp3) is 0.211. The number of hydrogen-bond donors (Lipinski definition) is 1. The molecule has 0 radical (unpaired) electrons. The number of rotatable bonds is 4. The molecule has 9 heteroatoms. The lowest BCUT2D eigenvalue weighted by Crippen LogP contribution is -2.18. The summed E-state index contributed by atoms with van der Waals surface area (Å²) in [6.45, 7) is 2.27. The van der Waals surface area contributed by atoms with E-state index < -0.39 is 17.5 Å². The highest BCUT2D eigenvalue weighted by atomic mass is 19.4. The summed E-state index contributed by atoms with van der Waals surface area (Å²) >= 11 is 0. The lowest BCUT2D eigenvalue weighted by atomic mass is 9.92. The van der Waals surface area contributed by atoms with Crippen molar-refractivity contribution in [1.82, 2.24) is 9.38 Å². The molecule has 0 fully saturated rings. The van der Waals surface area contributed by atoms with Crippen molar-refractivity contribution >= 4 is 28.4 Å². The number of carbonyl (C=O) groups is 1. The van der Waals surface area contributed by atoms with Crippen LogP contribution in [0.5, 0.6) is 5.88 Å². The van der Waals surface area contributed by atoms with Crippen molar-refractivity contribution in [2.24, 2.45) is 0 Å². The highest BCUT2D eigenvalue weighted by molar-refractivity contribution is 6.05. The van der Waals surface area contributed by atoms with Gasteiger partial charge in [-0.15, -0.1) is 0 Å². The first-order valence-electron chi connectivity index (χ1n) is 8.59. The van der Waals surface area contributed by atoms with Gasteiger partial charge in [-0.05, 0) is 24.6 Å². The maximum Gasteiger partial charge on any atom is 0.417 e. The van der Waals surface area contributed by atoms with Crippen molar-refractivity contribution in [3.8, 4) is 5.88 Å². The van der Waals surface area contributed by atoms with Gasteiger partial charge in [-0.3, -0.25) is 4.79 Å². The molecule has 1 aliphatic carbocycles. The van der Waals surface area contributed by atoms with Gasteiger partial charge in [0.05, 0.1) is 17.7 Å². The van der Waals surface area contributed by atoms with E-state index >= 15 is 0 Å². The van der Waals surface area contributed by atoms with Crippen molar-refractivity contribution < 1.29 is 27.7 Å². The van der Waals surface area contributed by atoms with Gasteiger partial charge in [0.1, 0.15) is 0 Å². The van der Waals surface area contributed by atoms with Gasteiger partial charge in [0, 0.05) is 36.6 Å². The summed E-state index contributed by atoms with van der Waals surface area (Å²) in [5.41, 5.74) is 0.359. The molecule has 3 aromatic heterocycles. The van der Waals surface area contributed by atoms with Crippen molar-refractivity contribution in [3.05, 3.63) is 54.1 Å². The van der Waals surface area contributed by atoms with E-state index in [-0.39, 0.29) is 12.0 Å². The summed E-state index contributed by atoms with van der Waals surface area (Å²) in [7, 11) is 0. The number of anilines is 2.